The second-order valence-corrected chi connectivity index (χ2v) is 8.82. The van der Waals surface area contributed by atoms with Gasteiger partial charge in [-0.2, -0.15) is 5.10 Å². The summed E-state index contributed by atoms with van der Waals surface area (Å²) in [4.78, 5) is 16.1. The highest BCUT2D eigenvalue weighted by Gasteiger charge is 2.35. The van der Waals surface area contributed by atoms with Crippen LogP contribution in [0.25, 0.3) is 11.0 Å². The number of imidazole rings is 1. The number of carbonyl (C=O) groups is 1. The molecule has 8 nitrogen and oxygen atoms in total. The maximum atomic E-state index is 15.0. The second-order valence-electron chi connectivity index (χ2n) is 7.89. The Morgan fingerprint density at radius 1 is 1.35 bits per heavy atom. The van der Waals surface area contributed by atoms with Gasteiger partial charge in [0, 0.05) is 18.7 Å². The number of hydrogen-bond donors (Lipinski definition) is 3. The first-order valence-electron chi connectivity index (χ1n) is 9.81. The van der Waals surface area contributed by atoms with Gasteiger partial charge >= 0.3 is 0 Å². The molecule has 1 aromatic carbocycles. The van der Waals surface area contributed by atoms with Crippen LogP contribution >= 0.6 is 0 Å². The van der Waals surface area contributed by atoms with Gasteiger partial charge in [0.05, 0.1) is 32.8 Å². The number of rotatable bonds is 3. The third-order valence-electron chi connectivity index (χ3n) is 5.71. The van der Waals surface area contributed by atoms with Crippen molar-refractivity contribution in [3.63, 3.8) is 0 Å². The van der Waals surface area contributed by atoms with Gasteiger partial charge in [0.1, 0.15) is 22.7 Å². The van der Waals surface area contributed by atoms with Crippen LogP contribution in [0.4, 0.5) is 14.6 Å². The molecule has 2 aliphatic rings. The van der Waals surface area contributed by atoms with Gasteiger partial charge in [0.25, 0.3) is 5.91 Å². The van der Waals surface area contributed by atoms with Crippen molar-refractivity contribution in [2.75, 3.05) is 18.8 Å². The van der Waals surface area contributed by atoms with Gasteiger partial charge in [0.15, 0.2) is 11.5 Å². The van der Waals surface area contributed by atoms with E-state index in [4.69, 9.17) is 11.5 Å². The van der Waals surface area contributed by atoms with Crippen LogP contribution in [0.15, 0.2) is 12.4 Å². The monoisotopic (exact) mass is 438 g/mol. The summed E-state index contributed by atoms with van der Waals surface area (Å²) in [5, 5.41) is 6.84. The predicted molar refractivity (Wildman–Crippen MR) is 110 cm³/mol. The van der Waals surface area contributed by atoms with Gasteiger partial charge in [-0.1, -0.05) is 5.92 Å². The van der Waals surface area contributed by atoms with Crippen LogP contribution in [0.3, 0.4) is 0 Å². The SMILES string of the molecule is NC(=O)c1c(C#Cc2c(F)cc3c(ncn3C3CC3)c2F)nn(C2([Si])CCNC2)c1N. The average Bonchev–Trinajstić information content (AvgIpc) is 3.15. The van der Waals surface area contributed by atoms with Crippen LogP contribution in [-0.2, 0) is 5.16 Å². The van der Waals surface area contributed by atoms with Crippen LogP contribution in [0, 0.1) is 23.5 Å². The Morgan fingerprint density at radius 2 is 2.13 bits per heavy atom. The molecule has 0 spiro atoms. The topological polar surface area (TPSA) is 117 Å². The molecule has 2 fully saturated rings. The average molecular weight is 438 g/mol. The number of benzene rings is 1. The molecule has 1 atom stereocenters. The van der Waals surface area contributed by atoms with Crippen molar-refractivity contribution < 1.29 is 13.6 Å². The number of nitrogens with zero attached hydrogens (tertiary/aromatic N) is 4. The molecule has 2 aromatic heterocycles. The molecule has 3 aromatic rings. The van der Waals surface area contributed by atoms with Gasteiger partial charge < -0.3 is 21.4 Å². The summed E-state index contributed by atoms with van der Waals surface area (Å²) in [6, 6.07) is 1.46. The van der Waals surface area contributed by atoms with E-state index in [1.54, 1.807) is 4.57 Å². The number of anilines is 1. The van der Waals surface area contributed by atoms with Gasteiger partial charge in [0.2, 0.25) is 0 Å². The molecule has 157 valence electrons. The normalized spacial score (nSPS) is 20.7. The maximum absolute atomic E-state index is 15.0. The summed E-state index contributed by atoms with van der Waals surface area (Å²) >= 11 is 0. The zero-order valence-corrected chi connectivity index (χ0v) is 17.4. The lowest BCUT2D eigenvalue weighted by Crippen LogP contribution is -2.38. The first-order valence-corrected chi connectivity index (χ1v) is 10.3. The maximum Gasteiger partial charge on any atom is 0.255 e. The number of carbonyl (C=O) groups excluding carboxylic acids is 1. The molecular weight excluding hydrogens is 420 g/mol. The van der Waals surface area contributed by atoms with Crippen LogP contribution < -0.4 is 16.8 Å². The van der Waals surface area contributed by atoms with Crippen molar-refractivity contribution in [1.82, 2.24) is 24.6 Å². The Balaban J connectivity index is 1.61. The second kappa shape index (κ2) is 6.90. The quantitative estimate of drug-likeness (QED) is 0.412. The summed E-state index contributed by atoms with van der Waals surface area (Å²) < 4.78 is 32.9. The summed E-state index contributed by atoms with van der Waals surface area (Å²) in [5.74, 6) is 2.59. The van der Waals surface area contributed by atoms with Gasteiger partial charge in [-0.25, -0.2) is 18.4 Å². The molecule has 3 radical (unpaired) electrons. The smallest absolute Gasteiger partial charge is 0.255 e. The Morgan fingerprint density at radius 3 is 2.77 bits per heavy atom. The minimum atomic E-state index is -0.855. The van der Waals surface area contributed by atoms with E-state index >= 15 is 4.39 Å². The largest absolute Gasteiger partial charge is 0.383 e. The van der Waals surface area contributed by atoms with Crippen LogP contribution in [0.5, 0.6) is 0 Å². The molecule has 31 heavy (non-hydrogen) atoms. The van der Waals surface area contributed by atoms with Crippen molar-refractivity contribution >= 4 is 33.0 Å². The van der Waals surface area contributed by atoms with E-state index in [9.17, 15) is 9.18 Å². The highest BCUT2D eigenvalue weighted by atomic mass is 28.1. The number of nitrogens with one attached hydrogen (secondary N) is 1. The molecule has 1 unspecified atom stereocenters. The molecule has 1 saturated heterocycles. The Labute approximate surface area is 179 Å². The number of aromatic nitrogens is 4. The fourth-order valence-electron chi connectivity index (χ4n) is 3.93. The summed E-state index contributed by atoms with van der Waals surface area (Å²) in [6.07, 6.45) is 4.09. The molecule has 5 N–H and O–H groups in total. The molecule has 11 heteroatoms. The van der Waals surface area contributed by atoms with E-state index in [0.29, 0.717) is 18.5 Å². The highest BCUT2D eigenvalue weighted by Crippen LogP contribution is 2.38. The number of nitrogen functional groups attached to an aromatic ring is 1. The number of amides is 1. The Kier molecular flexibility index (Phi) is 4.39. The van der Waals surface area contributed by atoms with Crippen LogP contribution in [0.1, 0.15) is 46.9 Å². The van der Waals surface area contributed by atoms with Crippen molar-refractivity contribution in [3.05, 3.63) is 40.8 Å². The highest BCUT2D eigenvalue weighted by molar-refractivity contribution is 6.14. The van der Waals surface area contributed by atoms with E-state index in [2.05, 4.69) is 37.5 Å². The molecule has 0 bridgehead atoms. The zero-order chi connectivity index (χ0) is 21.9. The van der Waals surface area contributed by atoms with Crippen LogP contribution in [-0.4, -0.2) is 48.6 Å². The lowest BCUT2D eigenvalue weighted by molar-refractivity contribution is 0.100. The Bertz CT molecular complexity index is 1290. The minimum Gasteiger partial charge on any atom is -0.383 e. The molecule has 1 aliphatic heterocycles. The third kappa shape index (κ3) is 3.10. The van der Waals surface area contributed by atoms with Crippen molar-refractivity contribution in [3.8, 4) is 11.8 Å². The minimum absolute atomic E-state index is 0.0371. The summed E-state index contributed by atoms with van der Waals surface area (Å²) in [6.45, 7) is 1.24. The number of primary amides is 1. The lowest BCUT2D eigenvalue weighted by Gasteiger charge is -2.24. The first kappa shape index (κ1) is 19.7. The van der Waals surface area contributed by atoms with E-state index in [1.807, 2.05) is 0 Å². The fraction of sp³-hybridized carbons (Fsp3) is 0.350. The third-order valence-corrected chi connectivity index (χ3v) is 6.35. The van der Waals surface area contributed by atoms with E-state index in [1.165, 1.54) is 17.1 Å². The number of halogens is 2. The molecular formula is C20H18F2N7OSi. The van der Waals surface area contributed by atoms with Crippen LogP contribution in [0.2, 0.25) is 0 Å². The zero-order valence-electron chi connectivity index (χ0n) is 16.4. The molecule has 5 rings (SSSR count). The number of nitrogens with two attached hydrogens (primary N) is 2. The van der Waals surface area contributed by atoms with Crippen molar-refractivity contribution in [2.45, 2.75) is 30.5 Å². The lowest BCUT2D eigenvalue weighted by atomic mass is 10.1. The van der Waals surface area contributed by atoms with Gasteiger partial charge in [-0.3, -0.25) is 4.79 Å². The predicted octanol–water partition coefficient (Wildman–Crippen LogP) is 0.741. The number of fused-ring (bicyclic) bond motifs is 1. The van der Waals surface area contributed by atoms with E-state index in [-0.39, 0.29) is 28.6 Å². The van der Waals surface area contributed by atoms with Crippen molar-refractivity contribution in [2.24, 2.45) is 5.73 Å². The summed E-state index contributed by atoms with van der Waals surface area (Å²) in [5.41, 5.74) is 11.5. The molecule has 1 saturated carbocycles. The Hall–Kier alpha value is -3.23. The van der Waals surface area contributed by atoms with Gasteiger partial charge in [-0.15, -0.1) is 0 Å². The molecule has 1 amide bonds. The van der Waals surface area contributed by atoms with Gasteiger partial charge in [-0.05, 0) is 31.7 Å². The first-order chi connectivity index (χ1) is 14.8. The van der Waals surface area contributed by atoms with E-state index in [0.717, 1.165) is 19.4 Å². The number of hydrogen-bond acceptors (Lipinski definition) is 5. The molecule has 1 aliphatic carbocycles. The molecule has 3 heterocycles. The fourth-order valence-corrected chi connectivity index (χ4v) is 4.35. The summed E-state index contributed by atoms with van der Waals surface area (Å²) in [7, 11) is 3.65. The standard InChI is InChI=1S/C20H18F2N7OSi/c21-12-7-14-17(26-9-28(14)10-1-2-10)16(22)11(12)3-4-13-15(19(24)30)18(23)29(27-13)20(31)5-6-25-8-20/h7,9-10,25H,1-2,5-6,8,23H2,(H2,24,30). The van der Waals surface area contributed by atoms with E-state index < -0.39 is 28.3 Å². The van der Waals surface area contributed by atoms with Crippen molar-refractivity contribution in [1.29, 1.82) is 0 Å².